The van der Waals surface area contributed by atoms with Crippen molar-refractivity contribution >= 4 is 11.9 Å². The van der Waals surface area contributed by atoms with Crippen molar-refractivity contribution in [2.24, 2.45) is 5.92 Å². The molecule has 0 spiro atoms. The maximum atomic E-state index is 13.3. The third-order valence-electron chi connectivity index (χ3n) is 6.21. The second kappa shape index (κ2) is 9.96. The van der Waals surface area contributed by atoms with Crippen molar-refractivity contribution in [2.75, 3.05) is 6.61 Å². The molecule has 1 fully saturated rings. The van der Waals surface area contributed by atoms with E-state index in [1.165, 1.54) is 18.4 Å². The van der Waals surface area contributed by atoms with Gasteiger partial charge in [0.25, 0.3) is 0 Å². The van der Waals surface area contributed by atoms with Gasteiger partial charge in [0.1, 0.15) is 5.69 Å². The van der Waals surface area contributed by atoms with E-state index in [1.807, 2.05) is 18.7 Å². The summed E-state index contributed by atoms with van der Waals surface area (Å²) in [5, 5.41) is 0. The predicted molar refractivity (Wildman–Crippen MR) is 118 cm³/mol. The summed E-state index contributed by atoms with van der Waals surface area (Å²) >= 11 is 0. The van der Waals surface area contributed by atoms with Gasteiger partial charge in [-0.05, 0) is 63.1 Å². The summed E-state index contributed by atoms with van der Waals surface area (Å²) in [6, 6.07) is 8.35. The molecule has 0 bridgehead atoms. The minimum absolute atomic E-state index is 0.195. The van der Waals surface area contributed by atoms with Crippen LogP contribution in [-0.4, -0.2) is 28.4 Å². The molecule has 0 radical (unpaired) electrons. The minimum atomic E-state index is -0.341. The van der Waals surface area contributed by atoms with E-state index in [4.69, 9.17) is 4.74 Å². The van der Waals surface area contributed by atoms with Crippen LogP contribution >= 0.6 is 0 Å². The van der Waals surface area contributed by atoms with Gasteiger partial charge in [-0.1, -0.05) is 42.7 Å². The van der Waals surface area contributed by atoms with E-state index in [9.17, 15) is 9.59 Å². The highest BCUT2D eigenvalue weighted by molar-refractivity contribution is 5.90. The molecule has 2 aromatic rings. The zero-order valence-corrected chi connectivity index (χ0v) is 18.7. The summed E-state index contributed by atoms with van der Waals surface area (Å²) in [4.78, 5) is 30.7. The van der Waals surface area contributed by atoms with E-state index in [0.29, 0.717) is 37.7 Å². The van der Waals surface area contributed by atoms with Crippen molar-refractivity contribution in [1.29, 1.82) is 0 Å². The molecule has 162 valence electrons. The fraction of sp³-hybridized carbons (Fsp3) is 0.520. The molecule has 0 saturated heterocycles. The molecule has 0 aliphatic heterocycles. The van der Waals surface area contributed by atoms with Gasteiger partial charge >= 0.3 is 5.97 Å². The number of aromatic amines is 1. The van der Waals surface area contributed by atoms with Gasteiger partial charge in [-0.25, -0.2) is 4.79 Å². The summed E-state index contributed by atoms with van der Waals surface area (Å²) in [6.45, 7) is 9.15. The molecule has 1 aromatic carbocycles. The fourth-order valence-electron chi connectivity index (χ4n) is 4.36. The fourth-order valence-corrected chi connectivity index (χ4v) is 4.36. The number of H-pyrrole nitrogens is 1. The molecule has 0 unspecified atom stereocenters. The van der Waals surface area contributed by atoms with E-state index in [2.05, 4.69) is 36.2 Å². The van der Waals surface area contributed by atoms with Gasteiger partial charge in [-0.15, -0.1) is 0 Å². The lowest BCUT2D eigenvalue weighted by atomic mass is 10.0. The summed E-state index contributed by atoms with van der Waals surface area (Å²) in [5.74, 6) is 0.355. The van der Waals surface area contributed by atoms with Gasteiger partial charge < -0.3 is 14.6 Å². The first-order valence-electron chi connectivity index (χ1n) is 11.1. The molecular weight excluding hydrogens is 376 g/mol. The standard InChI is InChI=1S/C25H34N2O3/c1-5-30-25(29)24-18(3)22(19(4)26-24)16-27(15-21-12-10-17(2)11-13-21)23(28)14-20-8-6-7-9-20/h10-13,20,26H,5-9,14-16H2,1-4H3. The van der Waals surface area contributed by atoms with Crippen LogP contribution in [0.5, 0.6) is 0 Å². The second-order valence-electron chi connectivity index (χ2n) is 8.54. The summed E-state index contributed by atoms with van der Waals surface area (Å²) < 4.78 is 5.17. The number of hydrogen-bond donors (Lipinski definition) is 1. The predicted octanol–water partition coefficient (Wildman–Crippen LogP) is 5.23. The summed E-state index contributed by atoms with van der Waals surface area (Å²) in [7, 11) is 0. The van der Waals surface area contributed by atoms with Crippen molar-refractivity contribution < 1.29 is 14.3 Å². The number of nitrogens with zero attached hydrogens (tertiary/aromatic N) is 1. The molecule has 1 aliphatic carbocycles. The van der Waals surface area contributed by atoms with Crippen molar-refractivity contribution in [3.63, 3.8) is 0 Å². The van der Waals surface area contributed by atoms with Crippen molar-refractivity contribution in [2.45, 2.75) is 72.9 Å². The van der Waals surface area contributed by atoms with Gasteiger partial charge in [-0.2, -0.15) is 0 Å². The van der Waals surface area contributed by atoms with Crippen molar-refractivity contribution in [3.05, 3.63) is 57.9 Å². The Morgan fingerprint density at radius 3 is 2.37 bits per heavy atom. The molecule has 1 amide bonds. The topological polar surface area (TPSA) is 62.4 Å². The lowest BCUT2D eigenvalue weighted by Gasteiger charge is -2.25. The molecular formula is C25H34N2O3. The van der Waals surface area contributed by atoms with Crippen LogP contribution in [-0.2, 0) is 22.6 Å². The third kappa shape index (κ3) is 5.32. The SMILES string of the molecule is CCOC(=O)c1[nH]c(C)c(CN(Cc2ccc(C)cc2)C(=O)CC2CCCC2)c1C. The van der Waals surface area contributed by atoms with Crippen LogP contribution in [0.1, 0.15) is 77.5 Å². The maximum absolute atomic E-state index is 13.3. The van der Waals surface area contributed by atoms with Gasteiger partial charge in [0.05, 0.1) is 6.61 Å². The average molecular weight is 411 g/mol. The highest BCUT2D eigenvalue weighted by Gasteiger charge is 2.25. The number of ether oxygens (including phenoxy) is 1. The van der Waals surface area contributed by atoms with Gasteiger partial charge in [0.2, 0.25) is 5.91 Å². The average Bonchev–Trinajstić information content (AvgIpc) is 3.32. The number of nitrogens with one attached hydrogen (secondary N) is 1. The number of esters is 1. The summed E-state index contributed by atoms with van der Waals surface area (Å²) in [5.41, 5.74) is 5.61. The van der Waals surface area contributed by atoms with Crippen molar-refractivity contribution in [3.8, 4) is 0 Å². The first kappa shape index (κ1) is 22.1. The van der Waals surface area contributed by atoms with Crippen LogP contribution < -0.4 is 0 Å². The first-order chi connectivity index (χ1) is 14.4. The zero-order chi connectivity index (χ0) is 21.7. The Labute approximate surface area is 179 Å². The molecule has 5 heteroatoms. The van der Waals surface area contributed by atoms with Crippen LogP contribution in [0.25, 0.3) is 0 Å². The number of benzene rings is 1. The number of rotatable bonds is 8. The van der Waals surface area contributed by atoms with E-state index >= 15 is 0 Å². The quantitative estimate of drug-likeness (QED) is 0.607. The van der Waals surface area contributed by atoms with Crippen molar-refractivity contribution in [1.82, 2.24) is 9.88 Å². The number of carbonyl (C=O) groups is 2. The van der Waals surface area contributed by atoms with Crippen LogP contribution in [0.4, 0.5) is 0 Å². The van der Waals surface area contributed by atoms with Gasteiger partial charge in [-0.3, -0.25) is 4.79 Å². The Bertz CT molecular complexity index is 877. The van der Waals surface area contributed by atoms with Crippen LogP contribution in [0, 0.1) is 26.7 Å². The van der Waals surface area contributed by atoms with Gasteiger partial charge in [0, 0.05) is 25.2 Å². The molecule has 1 saturated carbocycles. The highest BCUT2D eigenvalue weighted by Crippen LogP contribution is 2.29. The monoisotopic (exact) mass is 410 g/mol. The van der Waals surface area contributed by atoms with Crippen LogP contribution in [0.2, 0.25) is 0 Å². The normalized spacial score (nSPS) is 14.1. The molecule has 5 nitrogen and oxygen atoms in total. The summed E-state index contributed by atoms with van der Waals surface area (Å²) in [6.07, 6.45) is 5.38. The van der Waals surface area contributed by atoms with E-state index in [0.717, 1.165) is 35.2 Å². The second-order valence-corrected chi connectivity index (χ2v) is 8.54. The lowest BCUT2D eigenvalue weighted by molar-refractivity contribution is -0.133. The molecule has 1 heterocycles. The lowest BCUT2D eigenvalue weighted by Crippen LogP contribution is -2.31. The Hall–Kier alpha value is -2.56. The number of carbonyl (C=O) groups excluding carboxylic acids is 2. The first-order valence-corrected chi connectivity index (χ1v) is 11.1. The largest absolute Gasteiger partial charge is 0.461 e. The molecule has 1 aliphatic rings. The minimum Gasteiger partial charge on any atom is -0.461 e. The Morgan fingerprint density at radius 2 is 1.73 bits per heavy atom. The number of aryl methyl sites for hydroxylation is 2. The van der Waals surface area contributed by atoms with E-state index in [1.54, 1.807) is 6.92 Å². The maximum Gasteiger partial charge on any atom is 0.355 e. The van der Waals surface area contributed by atoms with E-state index < -0.39 is 0 Å². The molecule has 0 atom stereocenters. The molecule has 1 aromatic heterocycles. The number of amides is 1. The highest BCUT2D eigenvalue weighted by atomic mass is 16.5. The Balaban J connectivity index is 1.83. The van der Waals surface area contributed by atoms with E-state index in [-0.39, 0.29) is 11.9 Å². The Morgan fingerprint density at radius 1 is 1.07 bits per heavy atom. The molecule has 3 rings (SSSR count). The van der Waals surface area contributed by atoms with Crippen LogP contribution in [0.15, 0.2) is 24.3 Å². The Kier molecular flexibility index (Phi) is 7.35. The smallest absolute Gasteiger partial charge is 0.355 e. The zero-order valence-electron chi connectivity index (χ0n) is 18.7. The van der Waals surface area contributed by atoms with Crippen LogP contribution in [0.3, 0.4) is 0 Å². The molecule has 30 heavy (non-hydrogen) atoms. The van der Waals surface area contributed by atoms with Gasteiger partial charge in [0.15, 0.2) is 0 Å². The number of hydrogen-bond acceptors (Lipinski definition) is 3. The number of aromatic nitrogens is 1. The molecule has 1 N–H and O–H groups in total. The third-order valence-corrected chi connectivity index (χ3v) is 6.21.